The van der Waals surface area contributed by atoms with Crippen LogP contribution in [0, 0.1) is 5.92 Å². The predicted octanol–water partition coefficient (Wildman–Crippen LogP) is 0.604. The van der Waals surface area contributed by atoms with Crippen molar-refractivity contribution in [3.63, 3.8) is 0 Å². The van der Waals surface area contributed by atoms with Gasteiger partial charge in [-0.15, -0.1) is 0 Å². The van der Waals surface area contributed by atoms with Gasteiger partial charge >= 0.3 is 0 Å². The van der Waals surface area contributed by atoms with Gasteiger partial charge in [0.15, 0.2) is 0 Å². The molecule has 0 radical (unpaired) electrons. The Balaban J connectivity index is 2.31. The molecule has 0 saturated heterocycles. The highest BCUT2D eigenvalue weighted by Crippen LogP contribution is 2.29. The van der Waals surface area contributed by atoms with E-state index in [0.29, 0.717) is 12.0 Å². The summed E-state index contributed by atoms with van der Waals surface area (Å²) in [6.07, 6.45) is 4.03. The molecule has 1 aliphatic rings. The number of hydrazine groups is 1. The van der Waals surface area contributed by atoms with Crippen LogP contribution in [0.25, 0.3) is 0 Å². The van der Waals surface area contributed by atoms with E-state index in [9.17, 15) is 0 Å². The first-order valence-electron chi connectivity index (χ1n) is 5.05. The van der Waals surface area contributed by atoms with E-state index in [2.05, 4.69) is 22.7 Å². The number of nitrogens with zero attached hydrogens (tertiary/aromatic N) is 1. The highest BCUT2D eigenvalue weighted by Gasteiger charge is 2.24. The van der Waals surface area contributed by atoms with Crippen LogP contribution in [0.15, 0.2) is 4.99 Å². The predicted molar refractivity (Wildman–Crippen MR) is 55.2 cm³/mol. The molecule has 0 spiro atoms. The maximum atomic E-state index is 5.32. The number of rotatable bonds is 3. The molecule has 0 aliphatic heterocycles. The highest BCUT2D eigenvalue weighted by molar-refractivity contribution is 5.79. The first-order valence-corrected chi connectivity index (χ1v) is 5.05. The van der Waals surface area contributed by atoms with Crippen molar-refractivity contribution in [3.05, 3.63) is 0 Å². The lowest BCUT2D eigenvalue weighted by molar-refractivity contribution is 0.258. The van der Waals surface area contributed by atoms with Crippen LogP contribution in [-0.2, 0) is 0 Å². The molecule has 1 aliphatic carbocycles. The van der Waals surface area contributed by atoms with Crippen LogP contribution in [-0.4, -0.2) is 18.5 Å². The number of aliphatic imine (C=N–C) groups is 1. The second kappa shape index (κ2) is 5.07. The van der Waals surface area contributed by atoms with Gasteiger partial charge < -0.3 is 5.32 Å². The van der Waals surface area contributed by atoms with Crippen molar-refractivity contribution in [1.29, 1.82) is 0 Å². The lowest BCUT2D eigenvalue weighted by Crippen LogP contribution is -2.49. The molecule has 0 amide bonds. The molecule has 0 aromatic rings. The summed E-state index contributed by atoms with van der Waals surface area (Å²) >= 11 is 0. The number of hydrogen-bond acceptors (Lipinski definition) is 2. The summed E-state index contributed by atoms with van der Waals surface area (Å²) in [6.45, 7) is 4.93. The normalized spacial score (nSPS) is 20.7. The topological polar surface area (TPSA) is 62.4 Å². The van der Waals surface area contributed by atoms with Gasteiger partial charge in [0.2, 0.25) is 5.96 Å². The first kappa shape index (κ1) is 10.3. The van der Waals surface area contributed by atoms with Crippen LogP contribution in [0.4, 0.5) is 0 Å². The maximum Gasteiger partial charge on any atom is 0.205 e. The molecule has 1 unspecified atom stereocenters. The zero-order valence-corrected chi connectivity index (χ0v) is 8.51. The maximum absolute atomic E-state index is 5.32. The van der Waals surface area contributed by atoms with Gasteiger partial charge in [-0.3, -0.25) is 10.4 Å². The van der Waals surface area contributed by atoms with Gasteiger partial charge in [0.05, 0.1) is 0 Å². The van der Waals surface area contributed by atoms with E-state index in [1.165, 1.54) is 19.3 Å². The van der Waals surface area contributed by atoms with E-state index < -0.39 is 0 Å². The number of guanidine groups is 1. The van der Waals surface area contributed by atoms with E-state index >= 15 is 0 Å². The van der Waals surface area contributed by atoms with Gasteiger partial charge in [0.1, 0.15) is 0 Å². The lowest BCUT2D eigenvalue weighted by Gasteiger charge is -2.32. The Morgan fingerprint density at radius 3 is 2.69 bits per heavy atom. The van der Waals surface area contributed by atoms with E-state index in [1.807, 2.05) is 6.92 Å². The number of nitrogens with two attached hydrogens (primary N) is 1. The van der Waals surface area contributed by atoms with Crippen molar-refractivity contribution < 1.29 is 0 Å². The minimum absolute atomic E-state index is 0.482. The van der Waals surface area contributed by atoms with Crippen molar-refractivity contribution in [2.45, 2.75) is 39.2 Å². The van der Waals surface area contributed by atoms with Gasteiger partial charge in [-0.1, -0.05) is 6.42 Å². The molecular weight excluding hydrogens is 164 g/mol. The van der Waals surface area contributed by atoms with Crippen molar-refractivity contribution in [3.8, 4) is 0 Å². The van der Waals surface area contributed by atoms with Crippen LogP contribution >= 0.6 is 0 Å². The molecule has 0 heterocycles. The van der Waals surface area contributed by atoms with E-state index in [0.717, 1.165) is 12.5 Å². The first-order chi connectivity index (χ1) is 6.27. The van der Waals surface area contributed by atoms with Gasteiger partial charge in [-0.2, -0.15) is 0 Å². The molecule has 76 valence electrons. The summed E-state index contributed by atoms with van der Waals surface area (Å²) in [4.78, 5) is 4.19. The van der Waals surface area contributed by atoms with Crippen LogP contribution in [0.2, 0.25) is 0 Å². The summed E-state index contributed by atoms with van der Waals surface area (Å²) in [5.41, 5.74) is 2.58. The average molecular weight is 184 g/mol. The molecule has 0 aromatic carbocycles. The Bertz CT molecular complexity index is 174. The molecule has 1 saturated carbocycles. The molecule has 0 bridgehead atoms. The largest absolute Gasteiger partial charge is 0.353 e. The molecule has 4 heteroatoms. The van der Waals surface area contributed by atoms with Crippen LogP contribution in [0.3, 0.4) is 0 Å². The standard InChI is InChI=1S/C9H20N4/c1-3-11-9(13-10)12-7(2)8-5-4-6-8/h7-8H,3-6,10H2,1-2H3,(H2,11,12,13). The van der Waals surface area contributed by atoms with Crippen LogP contribution < -0.4 is 16.6 Å². The second-order valence-electron chi connectivity index (χ2n) is 3.59. The molecule has 4 N–H and O–H groups in total. The third kappa shape index (κ3) is 2.88. The van der Waals surface area contributed by atoms with Gasteiger partial charge in [0.25, 0.3) is 0 Å². The smallest absolute Gasteiger partial charge is 0.205 e. The second-order valence-corrected chi connectivity index (χ2v) is 3.59. The quantitative estimate of drug-likeness (QED) is 0.260. The number of hydrogen-bond donors (Lipinski definition) is 3. The lowest BCUT2D eigenvalue weighted by atomic mass is 9.80. The van der Waals surface area contributed by atoms with Gasteiger partial charge in [-0.05, 0) is 32.6 Å². The van der Waals surface area contributed by atoms with Crippen molar-refractivity contribution >= 4 is 5.96 Å². The average Bonchev–Trinajstić information content (AvgIpc) is 2.00. The zero-order valence-electron chi connectivity index (χ0n) is 8.51. The SMILES string of the molecule is CCN=C(NN)NC(C)C1CCC1. The van der Waals surface area contributed by atoms with Gasteiger partial charge in [0, 0.05) is 12.6 Å². The molecule has 1 fully saturated rings. The van der Waals surface area contributed by atoms with Crippen molar-refractivity contribution in [2.24, 2.45) is 16.8 Å². The summed E-state index contributed by atoms with van der Waals surface area (Å²) in [7, 11) is 0. The van der Waals surface area contributed by atoms with E-state index in [4.69, 9.17) is 5.84 Å². The Kier molecular flexibility index (Phi) is 4.02. The Morgan fingerprint density at radius 1 is 1.62 bits per heavy atom. The minimum Gasteiger partial charge on any atom is -0.353 e. The summed E-state index contributed by atoms with van der Waals surface area (Å²) < 4.78 is 0. The molecule has 4 nitrogen and oxygen atoms in total. The van der Waals surface area contributed by atoms with Crippen LogP contribution in [0.1, 0.15) is 33.1 Å². The Morgan fingerprint density at radius 2 is 2.31 bits per heavy atom. The highest BCUT2D eigenvalue weighted by atomic mass is 15.3. The summed E-state index contributed by atoms with van der Waals surface area (Å²) in [6, 6.07) is 0.482. The third-order valence-electron chi connectivity index (χ3n) is 2.67. The fraction of sp³-hybridized carbons (Fsp3) is 0.889. The minimum atomic E-state index is 0.482. The fourth-order valence-corrected chi connectivity index (χ4v) is 1.56. The fourth-order valence-electron chi connectivity index (χ4n) is 1.56. The van der Waals surface area contributed by atoms with Gasteiger partial charge in [-0.25, -0.2) is 5.84 Å². The summed E-state index contributed by atoms with van der Waals surface area (Å²) in [5, 5.41) is 3.28. The molecule has 1 rings (SSSR count). The molecule has 1 atom stereocenters. The Labute approximate surface area is 80.0 Å². The molecule has 0 aromatic heterocycles. The monoisotopic (exact) mass is 184 g/mol. The van der Waals surface area contributed by atoms with E-state index in [1.54, 1.807) is 0 Å². The van der Waals surface area contributed by atoms with Crippen molar-refractivity contribution in [1.82, 2.24) is 10.7 Å². The molecular formula is C9H20N4. The zero-order chi connectivity index (χ0) is 9.68. The molecule has 13 heavy (non-hydrogen) atoms. The van der Waals surface area contributed by atoms with E-state index in [-0.39, 0.29) is 0 Å². The Hall–Kier alpha value is -0.770. The van der Waals surface area contributed by atoms with Crippen LogP contribution in [0.5, 0.6) is 0 Å². The number of nitrogens with one attached hydrogen (secondary N) is 2. The van der Waals surface area contributed by atoms with Crippen molar-refractivity contribution in [2.75, 3.05) is 6.54 Å². The third-order valence-corrected chi connectivity index (χ3v) is 2.67. The summed E-state index contributed by atoms with van der Waals surface area (Å²) in [5.74, 6) is 6.83.